The van der Waals surface area contributed by atoms with Crippen LogP contribution in [-0.2, 0) is 31.1 Å². The van der Waals surface area contributed by atoms with Crippen molar-refractivity contribution in [1.82, 2.24) is 14.7 Å². The Bertz CT molecular complexity index is 492. The summed E-state index contributed by atoms with van der Waals surface area (Å²) < 4.78 is 1.95. The highest BCUT2D eigenvalue weighted by Crippen LogP contribution is 2.21. The second-order valence-corrected chi connectivity index (χ2v) is 6.16. The Balaban J connectivity index is 2.18. The van der Waals surface area contributed by atoms with Crippen molar-refractivity contribution in [2.75, 3.05) is 6.54 Å². The fourth-order valence-corrected chi connectivity index (χ4v) is 3.49. The van der Waals surface area contributed by atoms with Crippen LogP contribution in [0.2, 0.25) is 0 Å². The van der Waals surface area contributed by atoms with Crippen molar-refractivity contribution in [2.24, 2.45) is 7.05 Å². The lowest BCUT2D eigenvalue weighted by molar-refractivity contribution is -0.132. The van der Waals surface area contributed by atoms with E-state index in [0.717, 1.165) is 37.9 Å². The van der Waals surface area contributed by atoms with Crippen molar-refractivity contribution in [3.05, 3.63) is 17.0 Å². The van der Waals surface area contributed by atoms with Crippen LogP contribution in [0.1, 0.15) is 63.4 Å². The maximum Gasteiger partial charge on any atom is 0.227 e. The largest absolute Gasteiger partial charge is 0.340 e. The van der Waals surface area contributed by atoms with E-state index in [0.29, 0.717) is 12.5 Å². The van der Waals surface area contributed by atoms with E-state index in [9.17, 15) is 4.79 Å². The van der Waals surface area contributed by atoms with E-state index in [1.165, 1.54) is 24.1 Å². The van der Waals surface area contributed by atoms with E-state index >= 15 is 0 Å². The fourth-order valence-electron chi connectivity index (χ4n) is 3.49. The van der Waals surface area contributed by atoms with Crippen LogP contribution < -0.4 is 0 Å². The smallest absolute Gasteiger partial charge is 0.227 e. The number of aromatic nitrogens is 2. The molecule has 1 aromatic heterocycles. The molecule has 1 aliphatic heterocycles. The number of likely N-dealkylation sites (tertiary alicyclic amines) is 1. The first-order valence-electron chi connectivity index (χ1n) is 8.41. The first kappa shape index (κ1) is 16.1. The van der Waals surface area contributed by atoms with Crippen LogP contribution in [-0.4, -0.2) is 33.2 Å². The number of carbonyl (C=O) groups excluding carboxylic acids is 1. The molecule has 0 aliphatic carbocycles. The maximum atomic E-state index is 12.8. The third kappa shape index (κ3) is 3.47. The Kier molecular flexibility index (Phi) is 5.43. The molecular weight excluding hydrogens is 262 g/mol. The molecule has 1 amide bonds. The van der Waals surface area contributed by atoms with Crippen LogP contribution in [0.15, 0.2) is 0 Å². The molecule has 0 bridgehead atoms. The van der Waals surface area contributed by atoms with Crippen molar-refractivity contribution in [3.63, 3.8) is 0 Å². The summed E-state index contributed by atoms with van der Waals surface area (Å²) in [5.74, 6) is 0.279. The van der Waals surface area contributed by atoms with Gasteiger partial charge in [0.15, 0.2) is 0 Å². The minimum atomic E-state index is 0.279. The molecule has 0 radical (unpaired) electrons. The minimum absolute atomic E-state index is 0.279. The third-order valence-corrected chi connectivity index (χ3v) is 4.73. The average molecular weight is 291 g/mol. The van der Waals surface area contributed by atoms with Gasteiger partial charge in [-0.15, -0.1) is 0 Å². The first-order valence-corrected chi connectivity index (χ1v) is 8.41. The van der Waals surface area contributed by atoms with E-state index in [1.54, 1.807) is 0 Å². The lowest BCUT2D eigenvalue weighted by Gasteiger charge is -2.27. The van der Waals surface area contributed by atoms with E-state index in [2.05, 4.69) is 30.8 Å². The normalized spacial score (nSPS) is 19.6. The van der Waals surface area contributed by atoms with Crippen LogP contribution in [0.4, 0.5) is 0 Å². The van der Waals surface area contributed by atoms with Gasteiger partial charge in [-0.25, -0.2) is 0 Å². The van der Waals surface area contributed by atoms with Gasteiger partial charge in [0.1, 0.15) is 0 Å². The number of carbonyl (C=O) groups is 1. The fraction of sp³-hybridized carbons (Fsp3) is 0.765. The van der Waals surface area contributed by atoms with Crippen molar-refractivity contribution in [2.45, 2.75) is 71.8 Å². The molecular formula is C17H29N3O. The SMILES string of the molecule is CCc1nn(C)c(CC)c1CC(=O)N1CCCCC[C@@H]1C. The molecule has 21 heavy (non-hydrogen) atoms. The van der Waals surface area contributed by atoms with Crippen molar-refractivity contribution >= 4 is 5.91 Å². The van der Waals surface area contributed by atoms with Crippen molar-refractivity contribution < 1.29 is 4.79 Å². The van der Waals surface area contributed by atoms with Crippen LogP contribution in [0.5, 0.6) is 0 Å². The lowest BCUT2D eigenvalue weighted by atomic mass is 10.0. The predicted octanol–water partition coefficient (Wildman–Crippen LogP) is 2.88. The molecule has 0 unspecified atom stereocenters. The first-order chi connectivity index (χ1) is 10.1. The summed E-state index contributed by atoms with van der Waals surface area (Å²) in [5, 5.41) is 4.58. The molecule has 4 nitrogen and oxygen atoms in total. The molecule has 4 heteroatoms. The van der Waals surface area contributed by atoms with Crippen LogP contribution in [0, 0.1) is 0 Å². The Morgan fingerprint density at radius 2 is 2.00 bits per heavy atom. The molecule has 0 aromatic carbocycles. The van der Waals surface area contributed by atoms with Crippen LogP contribution in [0.25, 0.3) is 0 Å². The molecule has 1 fully saturated rings. The number of amides is 1. The van der Waals surface area contributed by atoms with Gasteiger partial charge in [0.2, 0.25) is 5.91 Å². The number of rotatable bonds is 4. The topological polar surface area (TPSA) is 38.1 Å². The number of hydrogen-bond acceptors (Lipinski definition) is 2. The summed E-state index contributed by atoms with van der Waals surface area (Å²) in [6.07, 6.45) is 7.13. The molecule has 0 spiro atoms. The van der Waals surface area contributed by atoms with Gasteiger partial charge < -0.3 is 4.90 Å². The van der Waals surface area contributed by atoms with Gasteiger partial charge in [-0.1, -0.05) is 26.7 Å². The number of aryl methyl sites for hydroxylation is 2. The maximum absolute atomic E-state index is 12.8. The summed E-state index contributed by atoms with van der Waals surface area (Å²) >= 11 is 0. The molecule has 1 aliphatic rings. The van der Waals surface area contributed by atoms with Gasteiger partial charge in [0.05, 0.1) is 12.1 Å². The highest BCUT2D eigenvalue weighted by molar-refractivity contribution is 5.79. The summed E-state index contributed by atoms with van der Waals surface area (Å²) in [5.41, 5.74) is 3.47. The minimum Gasteiger partial charge on any atom is -0.340 e. The summed E-state index contributed by atoms with van der Waals surface area (Å²) in [4.78, 5) is 14.9. The quantitative estimate of drug-likeness (QED) is 0.855. The Morgan fingerprint density at radius 1 is 1.24 bits per heavy atom. The second kappa shape index (κ2) is 7.10. The van der Waals surface area contributed by atoms with E-state index in [4.69, 9.17) is 0 Å². The van der Waals surface area contributed by atoms with Crippen molar-refractivity contribution in [1.29, 1.82) is 0 Å². The molecule has 1 aromatic rings. The predicted molar refractivity (Wildman–Crippen MR) is 85.3 cm³/mol. The number of nitrogens with zero attached hydrogens (tertiary/aromatic N) is 3. The molecule has 0 N–H and O–H groups in total. The molecule has 0 saturated carbocycles. The van der Waals surface area contributed by atoms with E-state index < -0.39 is 0 Å². The second-order valence-electron chi connectivity index (χ2n) is 6.16. The Morgan fingerprint density at radius 3 is 2.67 bits per heavy atom. The molecule has 2 heterocycles. The summed E-state index contributed by atoms with van der Waals surface area (Å²) in [6, 6.07) is 0.381. The van der Waals surface area contributed by atoms with Gasteiger partial charge in [0, 0.05) is 30.9 Å². The molecule has 1 atom stereocenters. The zero-order valence-corrected chi connectivity index (χ0v) is 14.0. The number of hydrogen-bond donors (Lipinski definition) is 0. The lowest BCUT2D eigenvalue weighted by Crippen LogP contribution is -2.39. The highest BCUT2D eigenvalue weighted by Gasteiger charge is 2.24. The highest BCUT2D eigenvalue weighted by atomic mass is 16.2. The van der Waals surface area contributed by atoms with Gasteiger partial charge in [-0.3, -0.25) is 9.48 Å². The average Bonchev–Trinajstić information content (AvgIpc) is 2.62. The van der Waals surface area contributed by atoms with E-state index in [-0.39, 0.29) is 5.91 Å². The van der Waals surface area contributed by atoms with Gasteiger partial charge in [-0.05, 0) is 32.6 Å². The van der Waals surface area contributed by atoms with Crippen LogP contribution in [0.3, 0.4) is 0 Å². The zero-order chi connectivity index (χ0) is 15.4. The van der Waals surface area contributed by atoms with E-state index in [1.807, 2.05) is 11.7 Å². The molecule has 2 rings (SSSR count). The summed E-state index contributed by atoms with van der Waals surface area (Å²) in [6.45, 7) is 7.36. The zero-order valence-electron chi connectivity index (χ0n) is 14.0. The Hall–Kier alpha value is -1.32. The molecule has 1 saturated heterocycles. The van der Waals surface area contributed by atoms with Crippen LogP contribution >= 0.6 is 0 Å². The summed E-state index contributed by atoms with van der Waals surface area (Å²) in [7, 11) is 1.99. The van der Waals surface area contributed by atoms with Gasteiger partial charge >= 0.3 is 0 Å². The third-order valence-electron chi connectivity index (χ3n) is 4.73. The Labute approximate surface area is 128 Å². The van der Waals surface area contributed by atoms with Crippen molar-refractivity contribution in [3.8, 4) is 0 Å². The van der Waals surface area contributed by atoms with Gasteiger partial charge in [-0.2, -0.15) is 5.10 Å². The van der Waals surface area contributed by atoms with Gasteiger partial charge in [0.25, 0.3) is 0 Å². The monoisotopic (exact) mass is 291 g/mol. The molecule has 118 valence electrons. The standard InChI is InChI=1S/C17H29N3O/c1-5-15-14(16(6-2)19(4)18-15)12-17(21)20-11-9-7-8-10-13(20)3/h13H,5-12H2,1-4H3/t13-/m0/s1.